The van der Waals surface area contributed by atoms with Crippen LogP contribution >= 0.6 is 0 Å². The van der Waals surface area contributed by atoms with E-state index in [-0.39, 0.29) is 18.4 Å². The van der Waals surface area contributed by atoms with Crippen LogP contribution in [0, 0.1) is 11.8 Å². The highest BCUT2D eigenvalue weighted by molar-refractivity contribution is 5.99. The maximum Gasteiger partial charge on any atom is 0.312 e. The summed E-state index contributed by atoms with van der Waals surface area (Å²) in [5.41, 5.74) is -0.873. The van der Waals surface area contributed by atoms with Gasteiger partial charge in [0.15, 0.2) is 0 Å². The van der Waals surface area contributed by atoms with E-state index in [0.717, 1.165) is 5.56 Å². The van der Waals surface area contributed by atoms with E-state index in [9.17, 15) is 14.4 Å². The smallest absolute Gasteiger partial charge is 0.312 e. The Kier molecular flexibility index (Phi) is 5.95. The lowest BCUT2D eigenvalue weighted by Gasteiger charge is -2.41. The quantitative estimate of drug-likeness (QED) is 0.470. The highest BCUT2D eigenvalue weighted by atomic mass is 16.6. The second kappa shape index (κ2) is 8.45. The number of ether oxygens (including phenoxy) is 2. The summed E-state index contributed by atoms with van der Waals surface area (Å²) in [7, 11) is 0. The van der Waals surface area contributed by atoms with Gasteiger partial charge in [0.25, 0.3) is 0 Å². The number of carbonyl (C=O) groups is 3. The number of benzene rings is 1. The first kappa shape index (κ1) is 23.2. The molecule has 3 aliphatic rings. The van der Waals surface area contributed by atoms with E-state index in [1.807, 2.05) is 57.2 Å². The third-order valence-electron chi connectivity index (χ3n) is 6.67. The Morgan fingerprint density at radius 1 is 1.27 bits per heavy atom. The number of esters is 1. The van der Waals surface area contributed by atoms with Gasteiger partial charge in [-0.3, -0.25) is 14.4 Å². The van der Waals surface area contributed by atoms with Gasteiger partial charge in [-0.05, 0) is 33.3 Å². The van der Waals surface area contributed by atoms with Crippen molar-refractivity contribution in [2.24, 2.45) is 11.8 Å². The van der Waals surface area contributed by atoms with Crippen LogP contribution in [0.4, 0.5) is 0 Å². The molecule has 4 rings (SSSR count). The van der Waals surface area contributed by atoms with Crippen molar-refractivity contribution in [3.63, 3.8) is 0 Å². The van der Waals surface area contributed by atoms with Crippen LogP contribution in [0.25, 0.3) is 0 Å². The topological polar surface area (TPSA) is 76.2 Å². The van der Waals surface area contributed by atoms with Crippen LogP contribution in [0.1, 0.15) is 33.3 Å². The zero-order chi connectivity index (χ0) is 24.0. The maximum absolute atomic E-state index is 14.1. The zero-order valence-corrected chi connectivity index (χ0v) is 19.7. The summed E-state index contributed by atoms with van der Waals surface area (Å²) in [6, 6.07) is 8.81. The first-order valence-corrected chi connectivity index (χ1v) is 11.5. The minimum Gasteiger partial charge on any atom is -0.466 e. The van der Waals surface area contributed by atoms with Crippen molar-refractivity contribution in [2.75, 3.05) is 13.2 Å². The van der Waals surface area contributed by atoms with E-state index in [0.29, 0.717) is 13.1 Å². The highest BCUT2D eigenvalue weighted by Gasteiger charge is 2.74. The molecule has 3 heterocycles. The van der Waals surface area contributed by atoms with E-state index in [1.165, 1.54) is 0 Å². The SMILES string of the molecule is C=CCN(Cc1ccccc1)C(=O)C1N(C(C)(C)C)C(=O)C2C(C(=O)OCC)C3C=CC21O3. The number of fused-ring (bicyclic) bond motifs is 1. The molecule has 33 heavy (non-hydrogen) atoms. The molecule has 1 spiro atoms. The van der Waals surface area contributed by atoms with Crippen LogP contribution in [-0.4, -0.2) is 64.0 Å². The molecule has 2 bridgehead atoms. The molecule has 5 atom stereocenters. The Hall–Kier alpha value is -2.93. The molecule has 5 unspecified atom stereocenters. The molecule has 0 N–H and O–H groups in total. The van der Waals surface area contributed by atoms with Gasteiger partial charge in [-0.15, -0.1) is 6.58 Å². The minimum atomic E-state index is -1.19. The fraction of sp³-hybridized carbons (Fsp3) is 0.500. The molecule has 1 aromatic carbocycles. The third-order valence-corrected chi connectivity index (χ3v) is 6.67. The summed E-state index contributed by atoms with van der Waals surface area (Å²) in [6.45, 7) is 12.2. The highest BCUT2D eigenvalue weighted by Crippen LogP contribution is 2.56. The summed E-state index contributed by atoms with van der Waals surface area (Å²) in [5, 5.41) is 0. The van der Waals surface area contributed by atoms with Gasteiger partial charge in [-0.2, -0.15) is 0 Å². The lowest BCUT2D eigenvalue weighted by Crippen LogP contribution is -2.59. The second-order valence-corrected chi connectivity index (χ2v) is 9.83. The number of amides is 2. The Morgan fingerprint density at radius 2 is 1.97 bits per heavy atom. The fourth-order valence-corrected chi connectivity index (χ4v) is 5.45. The van der Waals surface area contributed by atoms with E-state index in [4.69, 9.17) is 9.47 Å². The lowest BCUT2D eigenvalue weighted by molar-refractivity contribution is -0.156. The van der Waals surface area contributed by atoms with Gasteiger partial charge in [0, 0.05) is 18.6 Å². The molecule has 3 aliphatic heterocycles. The van der Waals surface area contributed by atoms with Gasteiger partial charge in [0.2, 0.25) is 11.8 Å². The first-order chi connectivity index (χ1) is 15.7. The second-order valence-electron chi connectivity index (χ2n) is 9.83. The van der Waals surface area contributed by atoms with Gasteiger partial charge in [-0.1, -0.05) is 48.6 Å². The van der Waals surface area contributed by atoms with Crippen molar-refractivity contribution in [2.45, 2.75) is 57.5 Å². The minimum absolute atomic E-state index is 0.217. The van der Waals surface area contributed by atoms with Crippen LogP contribution in [0.3, 0.4) is 0 Å². The van der Waals surface area contributed by atoms with Gasteiger partial charge < -0.3 is 19.3 Å². The van der Waals surface area contributed by atoms with Crippen molar-refractivity contribution in [1.82, 2.24) is 9.80 Å². The molecule has 0 aliphatic carbocycles. The summed E-state index contributed by atoms with van der Waals surface area (Å²) >= 11 is 0. The summed E-state index contributed by atoms with van der Waals surface area (Å²) < 4.78 is 11.6. The van der Waals surface area contributed by atoms with E-state index >= 15 is 0 Å². The van der Waals surface area contributed by atoms with Gasteiger partial charge in [-0.25, -0.2) is 0 Å². The predicted molar refractivity (Wildman–Crippen MR) is 123 cm³/mol. The van der Waals surface area contributed by atoms with E-state index < -0.39 is 41.1 Å². The number of nitrogens with zero attached hydrogens (tertiary/aromatic N) is 2. The van der Waals surface area contributed by atoms with Crippen LogP contribution in [0.15, 0.2) is 55.1 Å². The zero-order valence-electron chi connectivity index (χ0n) is 19.7. The van der Waals surface area contributed by atoms with Crippen LogP contribution in [-0.2, 0) is 30.4 Å². The largest absolute Gasteiger partial charge is 0.466 e. The Balaban J connectivity index is 1.76. The molecule has 2 amide bonds. The molecule has 2 fully saturated rings. The molecule has 0 saturated carbocycles. The van der Waals surface area contributed by atoms with E-state index in [1.54, 1.807) is 28.9 Å². The van der Waals surface area contributed by atoms with Crippen molar-refractivity contribution >= 4 is 17.8 Å². The lowest BCUT2D eigenvalue weighted by atomic mass is 9.74. The Bertz CT molecular complexity index is 982. The summed E-state index contributed by atoms with van der Waals surface area (Å²) in [6.07, 6.45) is 4.72. The first-order valence-electron chi connectivity index (χ1n) is 11.5. The van der Waals surface area contributed by atoms with Gasteiger partial charge in [0.05, 0.1) is 18.6 Å². The number of hydrogen-bond donors (Lipinski definition) is 0. The van der Waals surface area contributed by atoms with Crippen molar-refractivity contribution < 1.29 is 23.9 Å². The number of hydrogen-bond acceptors (Lipinski definition) is 5. The van der Waals surface area contributed by atoms with Crippen molar-refractivity contribution in [3.05, 3.63) is 60.7 Å². The molecule has 7 nitrogen and oxygen atoms in total. The Morgan fingerprint density at radius 3 is 2.58 bits per heavy atom. The van der Waals surface area contributed by atoms with Crippen LogP contribution in [0.2, 0.25) is 0 Å². The summed E-state index contributed by atoms with van der Waals surface area (Å²) in [4.78, 5) is 44.0. The molecular formula is C26H32N2O5. The van der Waals surface area contributed by atoms with Crippen LogP contribution < -0.4 is 0 Å². The number of likely N-dealkylation sites (tertiary alicyclic amines) is 1. The number of rotatable bonds is 7. The molecule has 1 aromatic rings. The fourth-order valence-electron chi connectivity index (χ4n) is 5.45. The average molecular weight is 453 g/mol. The molecule has 7 heteroatoms. The molecule has 0 radical (unpaired) electrons. The molecule has 0 aromatic heterocycles. The normalized spacial score (nSPS) is 29.8. The molecule has 2 saturated heterocycles. The molecule has 176 valence electrons. The Labute approximate surface area is 195 Å². The number of carbonyl (C=O) groups excluding carboxylic acids is 3. The van der Waals surface area contributed by atoms with E-state index in [2.05, 4.69) is 6.58 Å². The van der Waals surface area contributed by atoms with Crippen LogP contribution in [0.5, 0.6) is 0 Å². The maximum atomic E-state index is 14.1. The standard InChI is InChI=1S/C26H32N2O5/c1-6-15-27(16-17-11-9-8-10-12-17)23(30)21-26-14-13-18(33-26)19(24(31)32-7-2)20(26)22(29)28(21)25(3,4)5/h6,8-14,18-21H,1,7,15-16H2,2-5H3. The van der Waals surface area contributed by atoms with Crippen molar-refractivity contribution in [3.8, 4) is 0 Å². The molecular weight excluding hydrogens is 420 g/mol. The average Bonchev–Trinajstić information content (AvgIpc) is 3.41. The van der Waals surface area contributed by atoms with Gasteiger partial charge in [0.1, 0.15) is 17.6 Å². The summed E-state index contributed by atoms with van der Waals surface area (Å²) in [5.74, 6) is -2.47. The monoisotopic (exact) mass is 452 g/mol. The van der Waals surface area contributed by atoms with Crippen molar-refractivity contribution in [1.29, 1.82) is 0 Å². The predicted octanol–water partition coefficient (Wildman–Crippen LogP) is 2.71. The van der Waals surface area contributed by atoms with Gasteiger partial charge >= 0.3 is 5.97 Å². The third kappa shape index (κ3) is 3.68.